The molecule has 180 valence electrons. The number of ether oxygens (including phenoxy) is 1. The zero-order valence-electron chi connectivity index (χ0n) is 19.3. The van der Waals surface area contributed by atoms with E-state index in [0.29, 0.717) is 23.7 Å². The number of halogens is 1. The van der Waals surface area contributed by atoms with Gasteiger partial charge in [0.2, 0.25) is 17.7 Å². The summed E-state index contributed by atoms with van der Waals surface area (Å²) in [5.74, 6) is -0.835. The van der Waals surface area contributed by atoms with Gasteiger partial charge in [0.15, 0.2) is 0 Å². The van der Waals surface area contributed by atoms with Crippen molar-refractivity contribution in [1.29, 1.82) is 0 Å². The first-order valence-electron chi connectivity index (χ1n) is 11.4. The number of pyridine rings is 1. The highest BCUT2D eigenvalue weighted by atomic mass is 35.5. The van der Waals surface area contributed by atoms with E-state index in [-0.39, 0.29) is 43.7 Å². The average Bonchev–Trinajstić information content (AvgIpc) is 3.08. The molecule has 2 aliphatic heterocycles. The summed E-state index contributed by atoms with van der Waals surface area (Å²) < 4.78 is 5.07. The van der Waals surface area contributed by atoms with Gasteiger partial charge in [-0.2, -0.15) is 0 Å². The number of carbonyl (C=O) groups is 3. The van der Waals surface area contributed by atoms with Gasteiger partial charge in [-0.1, -0.05) is 35.9 Å². The number of nitrogens with zero attached hydrogens (tertiary/aromatic N) is 4. The van der Waals surface area contributed by atoms with Crippen LogP contribution in [-0.4, -0.2) is 83.8 Å². The van der Waals surface area contributed by atoms with Crippen molar-refractivity contribution in [3.63, 3.8) is 0 Å². The van der Waals surface area contributed by atoms with E-state index < -0.39 is 5.41 Å². The summed E-state index contributed by atoms with van der Waals surface area (Å²) in [6, 6.07) is 10.9. The van der Waals surface area contributed by atoms with Gasteiger partial charge in [-0.3, -0.25) is 29.2 Å². The zero-order chi connectivity index (χ0) is 24.1. The van der Waals surface area contributed by atoms with E-state index in [1.54, 1.807) is 35.4 Å². The number of benzene rings is 1. The van der Waals surface area contributed by atoms with Crippen molar-refractivity contribution in [2.24, 2.45) is 0 Å². The van der Waals surface area contributed by atoms with Crippen molar-refractivity contribution in [3.8, 4) is 0 Å². The lowest BCUT2D eigenvalue weighted by molar-refractivity contribution is -0.143. The fourth-order valence-electron chi connectivity index (χ4n) is 4.78. The van der Waals surface area contributed by atoms with Crippen LogP contribution in [0.3, 0.4) is 0 Å². The Morgan fingerprint density at radius 2 is 1.88 bits per heavy atom. The number of imide groups is 1. The largest absolute Gasteiger partial charge is 0.383 e. The third kappa shape index (κ3) is 4.99. The van der Waals surface area contributed by atoms with Crippen molar-refractivity contribution < 1.29 is 19.1 Å². The van der Waals surface area contributed by atoms with Crippen LogP contribution in [0.4, 0.5) is 0 Å². The number of methoxy groups -OCH3 is 1. The lowest BCUT2D eigenvalue weighted by Gasteiger charge is -2.37. The van der Waals surface area contributed by atoms with Crippen molar-refractivity contribution in [2.75, 3.05) is 46.4 Å². The highest BCUT2D eigenvalue weighted by molar-refractivity contribution is 6.32. The SMILES string of the molecule is COCCN1C(=O)C[C@](CC(=O)N2CCN(Cc3cccnc3)CC2)(c2ccccc2Cl)C1=O. The molecule has 0 aliphatic carbocycles. The highest BCUT2D eigenvalue weighted by Gasteiger charge is 2.54. The molecule has 0 spiro atoms. The zero-order valence-corrected chi connectivity index (χ0v) is 20.0. The smallest absolute Gasteiger partial charge is 0.241 e. The van der Waals surface area contributed by atoms with E-state index in [1.165, 1.54) is 12.0 Å². The first kappa shape index (κ1) is 24.3. The standard InChI is InChI=1S/C25H29ClN4O4/c1-34-14-13-30-23(32)16-25(24(30)33,20-6-2-3-7-21(20)26)15-22(31)29-11-9-28(10-12-29)18-19-5-4-8-27-17-19/h2-8,17H,9-16,18H2,1H3/t25-/m1/s1. The molecule has 2 fully saturated rings. The van der Waals surface area contributed by atoms with Crippen LogP contribution in [0.1, 0.15) is 24.0 Å². The molecule has 0 unspecified atom stereocenters. The molecule has 1 atom stereocenters. The summed E-state index contributed by atoms with van der Waals surface area (Å²) in [6.07, 6.45) is 3.43. The topological polar surface area (TPSA) is 83.1 Å². The van der Waals surface area contributed by atoms with Crippen LogP contribution in [0.25, 0.3) is 0 Å². The number of hydrogen-bond donors (Lipinski definition) is 0. The van der Waals surface area contributed by atoms with E-state index in [0.717, 1.165) is 25.2 Å². The first-order valence-corrected chi connectivity index (χ1v) is 11.8. The molecule has 4 rings (SSSR count). The fraction of sp³-hybridized carbons (Fsp3) is 0.440. The second kappa shape index (κ2) is 10.6. The van der Waals surface area contributed by atoms with Gasteiger partial charge in [0.1, 0.15) is 0 Å². The number of rotatable bonds is 8. The molecule has 9 heteroatoms. The van der Waals surface area contributed by atoms with E-state index >= 15 is 0 Å². The van der Waals surface area contributed by atoms with Gasteiger partial charge in [-0.25, -0.2) is 0 Å². The Bertz CT molecular complexity index is 1040. The van der Waals surface area contributed by atoms with Crippen LogP contribution in [0.5, 0.6) is 0 Å². The number of aromatic nitrogens is 1. The fourth-order valence-corrected chi connectivity index (χ4v) is 5.09. The van der Waals surface area contributed by atoms with E-state index in [2.05, 4.69) is 9.88 Å². The molecular formula is C25H29ClN4O4. The van der Waals surface area contributed by atoms with Crippen molar-refractivity contribution in [2.45, 2.75) is 24.8 Å². The Morgan fingerprint density at radius 3 is 2.56 bits per heavy atom. The minimum atomic E-state index is -1.30. The molecular weight excluding hydrogens is 456 g/mol. The van der Waals surface area contributed by atoms with Crippen LogP contribution in [0.2, 0.25) is 5.02 Å². The molecule has 1 aromatic carbocycles. The van der Waals surface area contributed by atoms with Crippen molar-refractivity contribution in [1.82, 2.24) is 19.7 Å². The monoisotopic (exact) mass is 484 g/mol. The molecule has 2 aliphatic rings. The molecule has 0 saturated carbocycles. The summed E-state index contributed by atoms with van der Waals surface area (Å²) >= 11 is 6.48. The summed E-state index contributed by atoms with van der Waals surface area (Å²) in [4.78, 5) is 49.3. The van der Waals surface area contributed by atoms with Gasteiger partial charge in [-0.15, -0.1) is 0 Å². The van der Waals surface area contributed by atoms with Gasteiger partial charge < -0.3 is 9.64 Å². The minimum Gasteiger partial charge on any atom is -0.383 e. The summed E-state index contributed by atoms with van der Waals surface area (Å²) in [6.45, 7) is 3.75. The van der Waals surface area contributed by atoms with Crippen molar-refractivity contribution in [3.05, 3.63) is 64.9 Å². The lowest BCUT2D eigenvalue weighted by Crippen LogP contribution is -2.50. The lowest BCUT2D eigenvalue weighted by atomic mass is 9.75. The maximum atomic E-state index is 13.6. The average molecular weight is 485 g/mol. The van der Waals surface area contributed by atoms with Gasteiger partial charge in [0.05, 0.1) is 18.6 Å². The molecule has 0 radical (unpaired) electrons. The summed E-state index contributed by atoms with van der Waals surface area (Å²) in [5, 5.41) is 0.381. The van der Waals surface area contributed by atoms with E-state index in [1.807, 2.05) is 18.3 Å². The van der Waals surface area contributed by atoms with Gasteiger partial charge in [0.25, 0.3) is 0 Å². The second-order valence-corrected chi connectivity index (χ2v) is 9.18. The highest BCUT2D eigenvalue weighted by Crippen LogP contribution is 2.43. The number of piperazine rings is 1. The number of hydrogen-bond acceptors (Lipinski definition) is 6. The molecule has 0 bridgehead atoms. The van der Waals surface area contributed by atoms with Gasteiger partial charge in [0, 0.05) is 70.1 Å². The van der Waals surface area contributed by atoms with Crippen LogP contribution in [0, 0.1) is 0 Å². The Hall–Kier alpha value is -2.81. The van der Waals surface area contributed by atoms with Crippen LogP contribution >= 0.6 is 11.6 Å². The Kier molecular flexibility index (Phi) is 7.60. The normalized spacial score (nSPS) is 21.4. The summed E-state index contributed by atoms with van der Waals surface area (Å²) in [7, 11) is 1.52. The van der Waals surface area contributed by atoms with E-state index in [4.69, 9.17) is 16.3 Å². The van der Waals surface area contributed by atoms with Gasteiger partial charge in [-0.05, 0) is 23.3 Å². The van der Waals surface area contributed by atoms with Crippen LogP contribution in [0.15, 0.2) is 48.8 Å². The third-order valence-corrected chi connectivity index (χ3v) is 6.95. The molecule has 2 saturated heterocycles. The van der Waals surface area contributed by atoms with E-state index in [9.17, 15) is 14.4 Å². The minimum absolute atomic E-state index is 0.0774. The predicted octanol–water partition coefficient (Wildman–Crippen LogP) is 2.11. The molecule has 0 N–H and O–H groups in total. The molecule has 34 heavy (non-hydrogen) atoms. The number of amides is 3. The Morgan fingerprint density at radius 1 is 1.12 bits per heavy atom. The van der Waals surface area contributed by atoms with Gasteiger partial charge >= 0.3 is 0 Å². The second-order valence-electron chi connectivity index (χ2n) is 8.78. The van der Waals surface area contributed by atoms with Crippen LogP contribution < -0.4 is 0 Å². The molecule has 2 aromatic rings. The molecule has 1 aromatic heterocycles. The first-order chi connectivity index (χ1) is 16.4. The Labute approximate surface area is 204 Å². The third-order valence-electron chi connectivity index (χ3n) is 6.62. The molecule has 3 heterocycles. The maximum absolute atomic E-state index is 13.6. The predicted molar refractivity (Wildman–Crippen MR) is 127 cm³/mol. The van der Waals surface area contributed by atoms with Crippen molar-refractivity contribution >= 4 is 29.3 Å². The quantitative estimate of drug-likeness (QED) is 0.534. The van der Waals surface area contributed by atoms with Crippen LogP contribution in [-0.2, 0) is 31.1 Å². The summed E-state index contributed by atoms with van der Waals surface area (Å²) in [5.41, 5.74) is 0.359. The maximum Gasteiger partial charge on any atom is 0.241 e. The molecule has 8 nitrogen and oxygen atoms in total. The molecule has 3 amide bonds. The number of carbonyl (C=O) groups excluding carboxylic acids is 3. The Balaban J connectivity index is 1.49. The number of likely N-dealkylation sites (tertiary alicyclic amines) is 1.